The highest BCUT2D eigenvalue weighted by Gasteiger charge is 2.53. The third-order valence-corrected chi connectivity index (χ3v) is 5.35. The topological polar surface area (TPSA) is 38.0 Å². The lowest BCUT2D eigenvalue weighted by Gasteiger charge is -2.17. The van der Waals surface area contributed by atoms with Gasteiger partial charge in [0.25, 0.3) is 0 Å². The van der Waals surface area contributed by atoms with Gasteiger partial charge in [-0.2, -0.15) is 0 Å². The molecule has 2 saturated carbocycles. The van der Waals surface area contributed by atoms with Crippen LogP contribution in [0.2, 0.25) is 0 Å². The summed E-state index contributed by atoms with van der Waals surface area (Å²) in [5.41, 5.74) is 3.69. The fourth-order valence-electron chi connectivity index (χ4n) is 3.87. The van der Waals surface area contributed by atoms with Crippen molar-refractivity contribution in [1.29, 1.82) is 0 Å². The summed E-state index contributed by atoms with van der Waals surface area (Å²) in [4.78, 5) is 0. The Hall–Kier alpha value is -0.450. The van der Waals surface area contributed by atoms with Crippen molar-refractivity contribution in [3.63, 3.8) is 0 Å². The molecule has 0 aliphatic heterocycles. The maximum absolute atomic E-state index is 13.9. The number of fused-ring (bicyclic) bond motifs is 1. The fraction of sp³-hybridized carbons (Fsp3) is 0.600. The van der Waals surface area contributed by atoms with E-state index >= 15 is 0 Å². The molecule has 0 spiro atoms. The molecular formula is C15H20BrFN2. The van der Waals surface area contributed by atoms with Crippen molar-refractivity contribution in [2.45, 2.75) is 38.1 Å². The minimum Gasteiger partial charge on any atom is -0.271 e. The van der Waals surface area contributed by atoms with Gasteiger partial charge in [-0.05, 0) is 54.7 Å². The summed E-state index contributed by atoms with van der Waals surface area (Å²) in [5, 5.41) is 0. The highest BCUT2D eigenvalue weighted by Crippen LogP contribution is 2.57. The van der Waals surface area contributed by atoms with Crippen LogP contribution in [0.1, 0.15) is 31.2 Å². The van der Waals surface area contributed by atoms with Gasteiger partial charge in [0.1, 0.15) is 5.82 Å². The van der Waals surface area contributed by atoms with Gasteiger partial charge in [-0.1, -0.05) is 34.8 Å². The zero-order valence-electron chi connectivity index (χ0n) is 10.9. The zero-order chi connectivity index (χ0) is 13.4. The van der Waals surface area contributed by atoms with E-state index in [4.69, 9.17) is 5.84 Å². The molecule has 0 heterocycles. The molecule has 2 nitrogen and oxygen atoms in total. The van der Waals surface area contributed by atoms with Crippen LogP contribution < -0.4 is 11.3 Å². The van der Waals surface area contributed by atoms with Gasteiger partial charge in [0, 0.05) is 10.5 Å². The molecule has 2 fully saturated rings. The van der Waals surface area contributed by atoms with Crippen molar-refractivity contribution in [3.05, 3.63) is 34.1 Å². The third-order valence-electron chi connectivity index (χ3n) is 4.86. The van der Waals surface area contributed by atoms with Gasteiger partial charge in [0.05, 0.1) is 0 Å². The van der Waals surface area contributed by atoms with Crippen LogP contribution in [0.4, 0.5) is 4.39 Å². The molecule has 0 aromatic heterocycles. The number of hydrazine groups is 1. The Balaban J connectivity index is 1.70. The second-order valence-corrected chi connectivity index (χ2v) is 6.82. The lowest BCUT2D eigenvalue weighted by molar-refractivity contribution is 0.430. The SMILES string of the molecule is NNC(Cc1ccc(Br)cc1F)C1C2CCCCC21. The van der Waals surface area contributed by atoms with Crippen molar-refractivity contribution in [2.24, 2.45) is 23.6 Å². The van der Waals surface area contributed by atoms with E-state index in [0.29, 0.717) is 12.3 Å². The first-order chi connectivity index (χ1) is 9.20. The minimum absolute atomic E-state index is 0.141. The standard InChI is InChI=1S/C15H20BrFN2/c16-10-6-5-9(13(17)8-10)7-14(19-18)15-11-3-1-2-4-12(11)15/h5-6,8,11-12,14-15,19H,1-4,7,18H2. The van der Waals surface area contributed by atoms with Crippen molar-refractivity contribution in [3.8, 4) is 0 Å². The lowest BCUT2D eigenvalue weighted by atomic mass is 10.00. The van der Waals surface area contributed by atoms with Crippen molar-refractivity contribution < 1.29 is 4.39 Å². The Kier molecular flexibility index (Phi) is 3.92. The monoisotopic (exact) mass is 326 g/mol. The Bertz CT molecular complexity index is 453. The highest BCUT2D eigenvalue weighted by atomic mass is 79.9. The molecule has 0 amide bonds. The summed E-state index contributed by atoms with van der Waals surface area (Å²) in [6.45, 7) is 0. The summed E-state index contributed by atoms with van der Waals surface area (Å²) in [5.74, 6) is 7.88. The molecule has 0 bridgehead atoms. The second kappa shape index (κ2) is 5.51. The molecule has 4 heteroatoms. The smallest absolute Gasteiger partial charge is 0.127 e. The molecule has 0 radical (unpaired) electrons. The zero-order valence-corrected chi connectivity index (χ0v) is 12.5. The van der Waals surface area contributed by atoms with Crippen LogP contribution in [0.25, 0.3) is 0 Å². The van der Waals surface area contributed by atoms with Crippen molar-refractivity contribution in [2.75, 3.05) is 0 Å². The Labute approximate surface area is 122 Å². The first-order valence-electron chi connectivity index (χ1n) is 7.10. The Morgan fingerprint density at radius 1 is 1.32 bits per heavy atom. The first kappa shape index (κ1) is 13.5. The molecule has 3 atom stereocenters. The summed E-state index contributed by atoms with van der Waals surface area (Å²) in [7, 11) is 0. The quantitative estimate of drug-likeness (QED) is 0.657. The number of hydrogen-bond acceptors (Lipinski definition) is 2. The Morgan fingerprint density at radius 2 is 2.00 bits per heavy atom. The lowest BCUT2D eigenvalue weighted by Crippen LogP contribution is -2.39. The number of halogens is 2. The average molecular weight is 327 g/mol. The molecule has 0 saturated heterocycles. The normalized spacial score (nSPS) is 30.8. The number of nitrogens with one attached hydrogen (secondary N) is 1. The average Bonchev–Trinajstić information content (AvgIpc) is 3.12. The number of hydrogen-bond donors (Lipinski definition) is 2. The first-order valence-corrected chi connectivity index (χ1v) is 7.90. The maximum atomic E-state index is 13.9. The number of nitrogens with two attached hydrogens (primary N) is 1. The van der Waals surface area contributed by atoms with Gasteiger partial charge in [0.2, 0.25) is 0 Å². The summed E-state index contributed by atoms with van der Waals surface area (Å²) in [6, 6.07) is 5.49. The van der Waals surface area contributed by atoms with E-state index in [1.807, 2.05) is 12.1 Å². The molecule has 104 valence electrons. The van der Waals surface area contributed by atoms with Crippen LogP contribution in [0.15, 0.2) is 22.7 Å². The van der Waals surface area contributed by atoms with Crippen LogP contribution in [-0.2, 0) is 6.42 Å². The minimum atomic E-state index is -0.141. The molecule has 2 aliphatic carbocycles. The Morgan fingerprint density at radius 3 is 2.58 bits per heavy atom. The van der Waals surface area contributed by atoms with Gasteiger partial charge in [-0.3, -0.25) is 11.3 Å². The van der Waals surface area contributed by atoms with Gasteiger partial charge >= 0.3 is 0 Å². The summed E-state index contributed by atoms with van der Waals surface area (Å²) >= 11 is 3.29. The van der Waals surface area contributed by atoms with E-state index in [0.717, 1.165) is 21.9 Å². The van der Waals surface area contributed by atoms with Gasteiger partial charge in [-0.15, -0.1) is 0 Å². The van der Waals surface area contributed by atoms with E-state index < -0.39 is 0 Å². The van der Waals surface area contributed by atoms with E-state index in [2.05, 4.69) is 21.4 Å². The molecule has 19 heavy (non-hydrogen) atoms. The second-order valence-electron chi connectivity index (χ2n) is 5.90. The van der Waals surface area contributed by atoms with Crippen LogP contribution in [0.3, 0.4) is 0 Å². The van der Waals surface area contributed by atoms with Gasteiger partial charge in [-0.25, -0.2) is 4.39 Å². The number of rotatable bonds is 4. The van der Waals surface area contributed by atoms with Gasteiger partial charge in [0.15, 0.2) is 0 Å². The summed E-state index contributed by atoms with van der Waals surface area (Å²) < 4.78 is 14.7. The van der Waals surface area contributed by atoms with E-state index in [-0.39, 0.29) is 11.9 Å². The van der Waals surface area contributed by atoms with E-state index in [9.17, 15) is 4.39 Å². The van der Waals surface area contributed by atoms with E-state index in [1.54, 1.807) is 0 Å². The largest absolute Gasteiger partial charge is 0.271 e. The molecule has 2 aliphatic rings. The third kappa shape index (κ3) is 2.71. The van der Waals surface area contributed by atoms with Gasteiger partial charge < -0.3 is 0 Å². The van der Waals surface area contributed by atoms with E-state index in [1.165, 1.54) is 31.7 Å². The molecule has 3 N–H and O–H groups in total. The molecule has 1 aromatic rings. The summed E-state index contributed by atoms with van der Waals surface area (Å²) in [6.07, 6.45) is 6.04. The molecule has 1 aromatic carbocycles. The predicted octanol–water partition coefficient (Wildman–Crippen LogP) is 3.40. The fourth-order valence-corrected chi connectivity index (χ4v) is 4.21. The highest BCUT2D eigenvalue weighted by molar-refractivity contribution is 9.10. The molecule has 3 rings (SSSR count). The van der Waals surface area contributed by atoms with Crippen LogP contribution >= 0.6 is 15.9 Å². The maximum Gasteiger partial charge on any atom is 0.127 e. The number of benzene rings is 1. The van der Waals surface area contributed by atoms with Crippen molar-refractivity contribution in [1.82, 2.24) is 5.43 Å². The van der Waals surface area contributed by atoms with Crippen LogP contribution in [-0.4, -0.2) is 6.04 Å². The molecule has 3 unspecified atom stereocenters. The van der Waals surface area contributed by atoms with Crippen LogP contribution in [0, 0.1) is 23.6 Å². The van der Waals surface area contributed by atoms with Crippen molar-refractivity contribution >= 4 is 15.9 Å². The van der Waals surface area contributed by atoms with Crippen LogP contribution in [0.5, 0.6) is 0 Å². The predicted molar refractivity (Wildman–Crippen MR) is 77.9 cm³/mol. The molecular weight excluding hydrogens is 307 g/mol.